The molecule has 0 radical (unpaired) electrons. The Morgan fingerprint density at radius 2 is 1.53 bits per heavy atom. The van der Waals surface area contributed by atoms with Crippen LogP contribution in [0.4, 0.5) is 23.2 Å². The second kappa shape index (κ2) is 14.4. The number of alkyl halides is 3. The lowest BCUT2D eigenvalue weighted by molar-refractivity contribution is -0.275. The Balaban J connectivity index is 1.42. The first-order valence-corrected chi connectivity index (χ1v) is 16.6. The van der Waals surface area contributed by atoms with E-state index in [2.05, 4.69) is 21.5 Å². The summed E-state index contributed by atoms with van der Waals surface area (Å²) in [5.41, 5.74) is 1.64. The zero-order valence-electron chi connectivity index (χ0n) is 26.5. The highest BCUT2D eigenvalue weighted by Crippen LogP contribution is 2.38. The van der Waals surface area contributed by atoms with Crippen LogP contribution in [0.1, 0.15) is 17.0 Å². The van der Waals surface area contributed by atoms with Gasteiger partial charge in [-0.2, -0.15) is 0 Å². The summed E-state index contributed by atoms with van der Waals surface area (Å²) >= 11 is 0. The van der Waals surface area contributed by atoms with Crippen molar-refractivity contribution in [1.82, 2.24) is 14.8 Å². The molecule has 1 aromatic heterocycles. The van der Waals surface area contributed by atoms with E-state index in [-0.39, 0.29) is 29.4 Å². The summed E-state index contributed by atoms with van der Waals surface area (Å²) in [5.74, 6) is -0.614. The molecular formula is C37H28F4N4O5S. The van der Waals surface area contributed by atoms with Crippen molar-refractivity contribution in [3.05, 3.63) is 157 Å². The second-order valence-corrected chi connectivity index (χ2v) is 13.0. The molecule has 51 heavy (non-hydrogen) atoms. The minimum absolute atomic E-state index is 0.0672. The maximum Gasteiger partial charge on any atom is 0.573 e. The van der Waals surface area contributed by atoms with Crippen molar-refractivity contribution >= 4 is 21.5 Å². The molecule has 0 saturated heterocycles. The van der Waals surface area contributed by atoms with Gasteiger partial charge in [-0.15, -0.1) is 23.4 Å². The van der Waals surface area contributed by atoms with Crippen LogP contribution in [-0.4, -0.2) is 34.7 Å². The molecule has 260 valence electrons. The van der Waals surface area contributed by atoms with Crippen molar-refractivity contribution in [2.75, 3.05) is 4.31 Å². The number of aliphatic hydroxyl groups is 1. The van der Waals surface area contributed by atoms with Crippen LogP contribution in [0.2, 0.25) is 0 Å². The second-order valence-electron chi connectivity index (χ2n) is 11.2. The van der Waals surface area contributed by atoms with Crippen LogP contribution in [0.25, 0.3) is 16.9 Å². The molecule has 0 bridgehead atoms. The summed E-state index contributed by atoms with van der Waals surface area (Å²) in [7, 11) is -4.84. The lowest BCUT2D eigenvalue weighted by Crippen LogP contribution is -2.32. The van der Waals surface area contributed by atoms with Crippen LogP contribution in [0.3, 0.4) is 0 Å². The van der Waals surface area contributed by atoms with Gasteiger partial charge in [0.1, 0.15) is 34.3 Å². The van der Waals surface area contributed by atoms with Crippen molar-refractivity contribution in [2.45, 2.75) is 24.3 Å². The Kier molecular flexibility index (Phi) is 9.78. The number of rotatable bonds is 12. The minimum Gasteiger partial charge on any atom is -0.508 e. The zero-order chi connectivity index (χ0) is 36.2. The standard InChI is InChI=1S/C37H28F4N4O5S/c1-25(46)27-10-12-28(13-11-27)29-14-19-35(34(21-29)50-37(39,40)41)51(47,48)45(31-15-17-33(18-16-31)49-32-8-3-2-4-9-32)23-36-43-42-24-44(36)22-26-6-5-7-30(38)20-26/h2-21,24,46H,1,22-23H2. The molecule has 5 aromatic carbocycles. The first kappa shape index (κ1) is 34.7. The number of sulfonamides is 1. The minimum atomic E-state index is -5.24. The van der Waals surface area contributed by atoms with E-state index < -0.39 is 39.4 Å². The summed E-state index contributed by atoms with van der Waals surface area (Å²) in [6, 6.07) is 30.0. The summed E-state index contributed by atoms with van der Waals surface area (Å²) in [6.45, 7) is 3.05. The van der Waals surface area contributed by atoms with Gasteiger partial charge in [0.2, 0.25) is 0 Å². The Morgan fingerprint density at radius 3 is 2.20 bits per heavy atom. The van der Waals surface area contributed by atoms with Gasteiger partial charge in [-0.25, -0.2) is 12.8 Å². The molecule has 1 heterocycles. The molecule has 6 rings (SSSR count). The molecule has 0 aliphatic heterocycles. The molecule has 0 unspecified atom stereocenters. The molecule has 0 aliphatic rings. The summed E-state index contributed by atoms with van der Waals surface area (Å²) in [5, 5.41) is 17.7. The zero-order valence-corrected chi connectivity index (χ0v) is 27.4. The van der Waals surface area contributed by atoms with Gasteiger partial charge < -0.3 is 19.1 Å². The average Bonchev–Trinajstić information content (AvgIpc) is 3.53. The van der Waals surface area contributed by atoms with E-state index >= 15 is 0 Å². The van der Waals surface area contributed by atoms with E-state index in [0.29, 0.717) is 28.2 Å². The largest absolute Gasteiger partial charge is 0.573 e. The molecule has 14 heteroatoms. The van der Waals surface area contributed by atoms with Crippen LogP contribution < -0.4 is 13.8 Å². The van der Waals surface area contributed by atoms with Crippen LogP contribution in [0.5, 0.6) is 17.2 Å². The molecular weight excluding hydrogens is 688 g/mol. The highest BCUT2D eigenvalue weighted by atomic mass is 32.2. The first-order valence-electron chi connectivity index (χ1n) is 15.2. The van der Waals surface area contributed by atoms with E-state index in [4.69, 9.17) is 4.74 Å². The SMILES string of the molecule is C=C(O)c1ccc(-c2ccc(S(=O)(=O)N(Cc3nncn3Cc3cccc(F)c3)c3ccc(Oc4ccccc4)cc3)c(OC(F)(F)F)c2)cc1. The number of anilines is 1. The molecule has 0 atom stereocenters. The highest BCUT2D eigenvalue weighted by Gasteiger charge is 2.37. The van der Waals surface area contributed by atoms with Crippen molar-refractivity contribution in [3.63, 3.8) is 0 Å². The number of ether oxygens (including phenoxy) is 2. The topological polar surface area (TPSA) is 107 Å². The van der Waals surface area contributed by atoms with Gasteiger partial charge in [0.25, 0.3) is 10.0 Å². The molecule has 0 spiro atoms. The lowest BCUT2D eigenvalue weighted by Gasteiger charge is -2.26. The predicted molar refractivity (Wildman–Crippen MR) is 182 cm³/mol. The number of para-hydroxylation sites is 1. The molecule has 0 aliphatic carbocycles. The van der Waals surface area contributed by atoms with E-state index in [0.717, 1.165) is 16.4 Å². The van der Waals surface area contributed by atoms with Crippen LogP contribution in [0.15, 0.2) is 139 Å². The molecule has 9 nitrogen and oxygen atoms in total. The number of nitrogens with zero attached hydrogens (tertiary/aromatic N) is 4. The smallest absolute Gasteiger partial charge is 0.508 e. The molecule has 6 aromatic rings. The fraction of sp³-hybridized carbons (Fsp3) is 0.0811. The first-order chi connectivity index (χ1) is 24.4. The number of aliphatic hydroxyl groups excluding tert-OH is 1. The third kappa shape index (κ3) is 8.36. The van der Waals surface area contributed by atoms with Gasteiger partial charge in [-0.3, -0.25) is 4.31 Å². The Hall–Kier alpha value is -6.15. The van der Waals surface area contributed by atoms with Gasteiger partial charge in [0, 0.05) is 5.56 Å². The van der Waals surface area contributed by atoms with Crippen molar-refractivity contribution in [1.29, 1.82) is 0 Å². The average molecular weight is 717 g/mol. The van der Waals surface area contributed by atoms with Crippen molar-refractivity contribution < 1.29 is 40.6 Å². The third-order valence-electron chi connectivity index (χ3n) is 7.62. The normalized spacial score (nSPS) is 11.6. The van der Waals surface area contributed by atoms with Gasteiger partial charge in [0.15, 0.2) is 11.6 Å². The summed E-state index contributed by atoms with van der Waals surface area (Å²) in [6.07, 6.45) is -3.90. The van der Waals surface area contributed by atoms with Gasteiger partial charge in [-0.1, -0.05) is 67.2 Å². The quantitative estimate of drug-likeness (QED) is 0.0997. The van der Waals surface area contributed by atoms with Gasteiger partial charge >= 0.3 is 6.36 Å². The van der Waals surface area contributed by atoms with Crippen molar-refractivity contribution in [2.24, 2.45) is 0 Å². The predicted octanol–water partition coefficient (Wildman–Crippen LogP) is 8.75. The van der Waals surface area contributed by atoms with Gasteiger partial charge in [0.05, 0.1) is 18.8 Å². The summed E-state index contributed by atoms with van der Waals surface area (Å²) < 4.78 is 96.9. The Labute approximate surface area is 290 Å². The van der Waals surface area contributed by atoms with Crippen LogP contribution in [-0.2, 0) is 23.1 Å². The van der Waals surface area contributed by atoms with Crippen LogP contribution >= 0.6 is 0 Å². The van der Waals surface area contributed by atoms with E-state index in [1.165, 1.54) is 83.7 Å². The number of halogens is 4. The summed E-state index contributed by atoms with van der Waals surface area (Å²) in [4.78, 5) is -0.773. The van der Waals surface area contributed by atoms with Crippen molar-refractivity contribution in [3.8, 4) is 28.4 Å². The Bertz CT molecular complexity index is 2260. The lowest BCUT2D eigenvalue weighted by atomic mass is 10.0. The van der Waals surface area contributed by atoms with E-state index in [9.17, 15) is 31.1 Å². The molecule has 0 saturated carbocycles. The Morgan fingerprint density at radius 1 is 0.843 bits per heavy atom. The molecule has 0 amide bonds. The maximum atomic E-state index is 14.5. The number of aromatic nitrogens is 3. The van der Waals surface area contributed by atoms with E-state index in [1.807, 2.05) is 6.07 Å². The fourth-order valence-electron chi connectivity index (χ4n) is 5.19. The fourth-order valence-corrected chi connectivity index (χ4v) is 6.71. The van der Waals surface area contributed by atoms with Crippen LogP contribution in [0, 0.1) is 5.82 Å². The van der Waals surface area contributed by atoms with E-state index in [1.54, 1.807) is 30.3 Å². The molecule has 1 N–H and O–H groups in total. The number of hydrogen-bond acceptors (Lipinski definition) is 7. The number of benzene rings is 5. The monoisotopic (exact) mass is 716 g/mol. The maximum absolute atomic E-state index is 14.5. The molecule has 0 fully saturated rings. The number of hydrogen-bond donors (Lipinski definition) is 1. The highest BCUT2D eigenvalue weighted by molar-refractivity contribution is 7.93. The third-order valence-corrected chi connectivity index (χ3v) is 9.43. The van der Waals surface area contributed by atoms with Gasteiger partial charge in [-0.05, 0) is 77.4 Å².